The minimum Gasteiger partial charge on any atom is -0.352 e. The van der Waals surface area contributed by atoms with Gasteiger partial charge in [-0.05, 0) is 43.3 Å². The van der Waals surface area contributed by atoms with Gasteiger partial charge in [0.2, 0.25) is 0 Å². The number of aliphatic imine (C=N–C) groups is 1. The fourth-order valence-corrected chi connectivity index (χ4v) is 3.53. The highest BCUT2D eigenvalue weighted by Crippen LogP contribution is 2.14. The third-order valence-corrected chi connectivity index (χ3v) is 5.20. The average Bonchev–Trinajstić information content (AvgIpc) is 3.05. The molecule has 0 aliphatic heterocycles. The zero-order valence-electron chi connectivity index (χ0n) is 16.2. The van der Waals surface area contributed by atoms with Gasteiger partial charge in [0.05, 0.1) is 6.54 Å². The number of aryl methyl sites for hydroxylation is 1. The zero-order valence-corrected chi connectivity index (χ0v) is 19.4. The van der Waals surface area contributed by atoms with E-state index >= 15 is 0 Å². The molecule has 4 nitrogen and oxygen atoms in total. The van der Waals surface area contributed by atoms with E-state index in [4.69, 9.17) is 0 Å². The van der Waals surface area contributed by atoms with Gasteiger partial charge in [0, 0.05) is 29.9 Å². The van der Waals surface area contributed by atoms with Crippen LogP contribution in [0.4, 0.5) is 0 Å². The van der Waals surface area contributed by atoms with Gasteiger partial charge in [-0.1, -0.05) is 38.1 Å². The van der Waals surface area contributed by atoms with Crippen LogP contribution in [0, 0.1) is 6.92 Å². The van der Waals surface area contributed by atoms with Gasteiger partial charge in [0.15, 0.2) is 5.96 Å². The summed E-state index contributed by atoms with van der Waals surface area (Å²) in [7, 11) is 1.81. The Morgan fingerprint density at radius 1 is 1.04 bits per heavy atom. The molecular formula is C20H31IN4S. The molecule has 0 radical (unpaired) electrons. The molecule has 26 heavy (non-hydrogen) atoms. The van der Waals surface area contributed by atoms with Crippen LogP contribution < -0.4 is 10.6 Å². The first-order valence-electron chi connectivity index (χ1n) is 8.94. The van der Waals surface area contributed by atoms with Crippen molar-refractivity contribution < 1.29 is 0 Å². The van der Waals surface area contributed by atoms with Gasteiger partial charge in [-0.2, -0.15) is 0 Å². The molecule has 0 saturated heterocycles. The number of hydrogen-bond acceptors (Lipinski definition) is 3. The fraction of sp³-hybridized carbons (Fsp3) is 0.450. The predicted octanol–water partition coefficient (Wildman–Crippen LogP) is 4.38. The Kier molecular flexibility index (Phi) is 10.8. The van der Waals surface area contributed by atoms with Gasteiger partial charge < -0.3 is 10.6 Å². The monoisotopic (exact) mass is 486 g/mol. The number of benzene rings is 1. The second-order valence-electron chi connectivity index (χ2n) is 6.07. The summed E-state index contributed by atoms with van der Waals surface area (Å²) in [6.07, 6.45) is 0. The lowest BCUT2D eigenvalue weighted by molar-refractivity contribution is 0.296. The number of guanidine groups is 1. The van der Waals surface area contributed by atoms with Crippen LogP contribution in [0.25, 0.3) is 0 Å². The molecule has 2 N–H and O–H groups in total. The molecule has 0 spiro atoms. The normalized spacial score (nSPS) is 11.3. The summed E-state index contributed by atoms with van der Waals surface area (Å²) in [5, 5.41) is 6.78. The highest BCUT2D eigenvalue weighted by Gasteiger charge is 2.04. The number of thiophene rings is 1. The molecule has 0 aliphatic carbocycles. The lowest BCUT2D eigenvalue weighted by Crippen LogP contribution is -2.36. The van der Waals surface area contributed by atoms with Crippen molar-refractivity contribution in [2.75, 3.05) is 20.1 Å². The molecule has 0 atom stereocenters. The van der Waals surface area contributed by atoms with Gasteiger partial charge in [0.25, 0.3) is 0 Å². The fourth-order valence-electron chi connectivity index (χ4n) is 2.70. The maximum Gasteiger partial charge on any atom is 0.191 e. The van der Waals surface area contributed by atoms with Gasteiger partial charge in [-0.3, -0.25) is 9.89 Å². The lowest BCUT2D eigenvalue weighted by atomic mass is 10.1. The van der Waals surface area contributed by atoms with Crippen molar-refractivity contribution in [2.45, 2.75) is 40.4 Å². The topological polar surface area (TPSA) is 39.7 Å². The van der Waals surface area contributed by atoms with Crippen molar-refractivity contribution in [1.82, 2.24) is 15.5 Å². The molecule has 0 amide bonds. The summed E-state index contributed by atoms with van der Waals surface area (Å²) >= 11 is 1.82. The minimum absolute atomic E-state index is 0. The van der Waals surface area contributed by atoms with Crippen LogP contribution in [0.5, 0.6) is 0 Å². The summed E-state index contributed by atoms with van der Waals surface area (Å²) in [6, 6.07) is 13.1. The van der Waals surface area contributed by atoms with Crippen LogP contribution in [0.2, 0.25) is 0 Å². The van der Waals surface area contributed by atoms with Crippen molar-refractivity contribution in [1.29, 1.82) is 0 Å². The quantitative estimate of drug-likeness (QED) is 0.331. The van der Waals surface area contributed by atoms with Crippen LogP contribution in [-0.4, -0.2) is 31.0 Å². The average molecular weight is 486 g/mol. The maximum atomic E-state index is 4.31. The zero-order chi connectivity index (χ0) is 18.1. The van der Waals surface area contributed by atoms with E-state index in [1.807, 2.05) is 18.4 Å². The lowest BCUT2D eigenvalue weighted by Gasteiger charge is -2.18. The van der Waals surface area contributed by atoms with E-state index in [-0.39, 0.29) is 24.0 Å². The number of halogens is 1. The van der Waals surface area contributed by atoms with E-state index in [9.17, 15) is 0 Å². The summed E-state index contributed by atoms with van der Waals surface area (Å²) in [5.41, 5.74) is 2.64. The molecular weight excluding hydrogens is 455 g/mol. The van der Waals surface area contributed by atoms with Crippen molar-refractivity contribution in [3.63, 3.8) is 0 Å². The Hall–Kier alpha value is -1.12. The number of nitrogens with zero attached hydrogens (tertiary/aromatic N) is 2. The summed E-state index contributed by atoms with van der Waals surface area (Å²) in [5.74, 6) is 0.834. The highest BCUT2D eigenvalue weighted by molar-refractivity contribution is 14.0. The smallest absolute Gasteiger partial charge is 0.191 e. The van der Waals surface area contributed by atoms with Crippen molar-refractivity contribution in [3.05, 3.63) is 57.3 Å². The number of hydrogen-bond donors (Lipinski definition) is 2. The molecule has 2 rings (SSSR count). The standard InChI is InChI=1S/C20H30N4S.HI/c1-5-24(6-2)15-18-9-7-8-17(12-18)13-22-20(21-4)23-14-19-11-10-16(3)25-19;/h7-12H,5-6,13-15H2,1-4H3,(H2,21,22,23);1H. The predicted molar refractivity (Wildman–Crippen MR) is 125 cm³/mol. The maximum absolute atomic E-state index is 4.31. The number of rotatable bonds is 8. The first kappa shape index (κ1) is 22.9. The van der Waals surface area contributed by atoms with Crippen molar-refractivity contribution >= 4 is 41.3 Å². The molecule has 1 aromatic heterocycles. The molecule has 0 saturated carbocycles. The van der Waals surface area contributed by atoms with Gasteiger partial charge >= 0.3 is 0 Å². The largest absolute Gasteiger partial charge is 0.352 e. The van der Waals surface area contributed by atoms with Crippen LogP contribution in [-0.2, 0) is 19.6 Å². The summed E-state index contributed by atoms with van der Waals surface area (Å²) < 4.78 is 0. The minimum atomic E-state index is 0. The van der Waals surface area contributed by atoms with Gasteiger partial charge in [-0.25, -0.2) is 0 Å². The van der Waals surface area contributed by atoms with Crippen molar-refractivity contribution in [2.24, 2.45) is 4.99 Å². The van der Waals surface area contributed by atoms with E-state index < -0.39 is 0 Å². The van der Waals surface area contributed by atoms with Crippen LogP contribution in [0.3, 0.4) is 0 Å². The number of nitrogens with one attached hydrogen (secondary N) is 2. The summed E-state index contributed by atoms with van der Waals surface area (Å²) in [4.78, 5) is 9.40. The molecule has 6 heteroatoms. The first-order chi connectivity index (χ1) is 12.1. The molecule has 0 aliphatic rings. The van der Waals surface area contributed by atoms with Crippen molar-refractivity contribution in [3.8, 4) is 0 Å². The highest BCUT2D eigenvalue weighted by atomic mass is 127. The van der Waals surface area contributed by atoms with Crippen LogP contribution in [0.1, 0.15) is 34.7 Å². The second-order valence-corrected chi connectivity index (χ2v) is 7.45. The molecule has 0 fully saturated rings. The molecule has 0 bridgehead atoms. The van der Waals surface area contributed by atoms with E-state index in [2.05, 4.69) is 77.7 Å². The van der Waals surface area contributed by atoms with E-state index in [0.29, 0.717) is 0 Å². The second kappa shape index (κ2) is 12.3. The van der Waals surface area contributed by atoms with Gasteiger partial charge in [0.1, 0.15) is 0 Å². The van der Waals surface area contributed by atoms with Crippen LogP contribution in [0.15, 0.2) is 41.4 Å². The Balaban J connectivity index is 0.00000338. The van der Waals surface area contributed by atoms with Crippen LogP contribution >= 0.6 is 35.3 Å². The van der Waals surface area contributed by atoms with Gasteiger partial charge in [-0.15, -0.1) is 35.3 Å². The van der Waals surface area contributed by atoms with E-state index in [1.54, 1.807) is 0 Å². The molecule has 2 aromatic rings. The van der Waals surface area contributed by atoms with E-state index in [1.165, 1.54) is 20.9 Å². The Morgan fingerprint density at radius 2 is 1.73 bits per heavy atom. The SMILES string of the molecule is CCN(CC)Cc1cccc(CNC(=NC)NCc2ccc(C)s2)c1.I. The Bertz CT molecular complexity index is 680. The Labute approximate surface area is 179 Å². The van der Waals surface area contributed by atoms with E-state index in [0.717, 1.165) is 38.7 Å². The third kappa shape index (κ3) is 7.63. The summed E-state index contributed by atoms with van der Waals surface area (Å²) in [6.45, 7) is 11.3. The first-order valence-corrected chi connectivity index (χ1v) is 9.76. The molecule has 144 valence electrons. The third-order valence-electron chi connectivity index (χ3n) is 4.20. The molecule has 1 aromatic carbocycles. The Morgan fingerprint density at radius 3 is 2.35 bits per heavy atom. The molecule has 1 heterocycles. The molecule has 0 unspecified atom stereocenters.